The predicted octanol–water partition coefficient (Wildman–Crippen LogP) is 3.85. The first-order valence-corrected chi connectivity index (χ1v) is 10.9. The minimum absolute atomic E-state index is 0.316. The minimum Gasteiger partial charge on any atom is -0.481 e. The molecule has 8 nitrogen and oxygen atoms in total. The van der Waals surface area contributed by atoms with Gasteiger partial charge in [0.25, 0.3) is 0 Å². The van der Waals surface area contributed by atoms with Gasteiger partial charge in [-0.3, -0.25) is 4.40 Å². The van der Waals surface area contributed by atoms with Crippen molar-refractivity contribution in [3.63, 3.8) is 0 Å². The number of nitrogens with two attached hydrogens (primary N) is 1. The number of aryl methyl sites for hydroxylation is 1. The van der Waals surface area contributed by atoms with E-state index in [0.29, 0.717) is 23.9 Å². The van der Waals surface area contributed by atoms with Crippen molar-refractivity contribution >= 4 is 11.6 Å². The van der Waals surface area contributed by atoms with E-state index in [2.05, 4.69) is 30.9 Å². The second-order valence-corrected chi connectivity index (χ2v) is 8.36. The van der Waals surface area contributed by atoms with Gasteiger partial charge in [0.15, 0.2) is 0 Å². The normalized spacial score (nSPS) is 18.6. The third-order valence-electron chi connectivity index (χ3n) is 6.10. The summed E-state index contributed by atoms with van der Waals surface area (Å²) in [5.74, 6) is 1.24. The standard InChI is InChI=1S/C24H27N7O/c1-15-11-28-24(29-19-7-5-18(25)6-8-19)30-23(15)20-13-26-21-9-3-17(14-31(20)21)16-4-10-22(32-2)27-12-16/h3-4,9-14,18-19H,5-8,25H2,1-2H3,(H,28,29,30). The molecule has 0 radical (unpaired) electrons. The summed E-state index contributed by atoms with van der Waals surface area (Å²) >= 11 is 0. The molecule has 1 aliphatic carbocycles. The van der Waals surface area contributed by atoms with Crippen molar-refractivity contribution < 1.29 is 4.74 Å². The molecule has 4 aromatic heterocycles. The summed E-state index contributed by atoms with van der Waals surface area (Å²) in [6.07, 6.45) is 11.8. The first-order valence-electron chi connectivity index (χ1n) is 10.9. The van der Waals surface area contributed by atoms with Crippen molar-refractivity contribution in [1.29, 1.82) is 0 Å². The van der Waals surface area contributed by atoms with Crippen LogP contribution in [0.25, 0.3) is 28.2 Å². The molecule has 0 bridgehead atoms. The highest BCUT2D eigenvalue weighted by atomic mass is 16.5. The van der Waals surface area contributed by atoms with Crippen molar-refractivity contribution in [2.24, 2.45) is 5.73 Å². The molecule has 3 N–H and O–H groups in total. The summed E-state index contributed by atoms with van der Waals surface area (Å²) in [6, 6.07) is 8.58. The van der Waals surface area contributed by atoms with Crippen LogP contribution in [0.5, 0.6) is 5.88 Å². The highest BCUT2D eigenvalue weighted by Crippen LogP contribution is 2.27. The minimum atomic E-state index is 0.316. The Hall–Kier alpha value is -3.52. The van der Waals surface area contributed by atoms with Gasteiger partial charge >= 0.3 is 0 Å². The maximum Gasteiger partial charge on any atom is 0.223 e. The Morgan fingerprint density at radius 3 is 2.53 bits per heavy atom. The fraction of sp³-hybridized carbons (Fsp3) is 0.333. The summed E-state index contributed by atoms with van der Waals surface area (Å²) < 4.78 is 7.24. The number of hydrogen-bond donors (Lipinski definition) is 2. The molecule has 5 rings (SSSR count). The van der Waals surface area contributed by atoms with Gasteiger partial charge in [-0.15, -0.1) is 0 Å². The lowest BCUT2D eigenvalue weighted by Gasteiger charge is -2.26. The van der Waals surface area contributed by atoms with E-state index in [-0.39, 0.29) is 0 Å². The first-order chi connectivity index (χ1) is 15.6. The number of fused-ring (bicyclic) bond motifs is 1. The van der Waals surface area contributed by atoms with Crippen LogP contribution in [0.1, 0.15) is 31.2 Å². The first kappa shape index (κ1) is 20.4. The fourth-order valence-corrected chi connectivity index (χ4v) is 4.22. The van der Waals surface area contributed by atoms with Crippen LogP contribution in [0.2, 0.25) is 0 Å². The molecule has 164 valence electrons. The van der Waals surface area contributed by atoms with Crippen molar-refractivity contribution in [3.05, 3.63) is 54.6 Å². The number of nitrogens with one attached hydrogen (secondary N) is 1. The topological polar surface area (TPSA) is 103 Å². The number of ether oxygens (including phenoxy) is 1. The molecule has 8 heteroatoms. The Balaban J connectivity index is 1.48. The monoisotopic (exact) mass is 429 g/mol. The van der Waals surface area contributed by atoms with Crippen molar-refractivity contribution in [2.75, 3.05) is 12.4 Å². The summed E-state index contributed by atoms with van der Waals surface area (Å²) in [5.41, 5.74) is 11.7. The second kappa shape index (κ2) is 8.55. The number of pyridine rings is 2. The fourth-order valence-electron chi connectivity index (χ4n) is 4.22. The molecule has 1 aliphatic rings. The number of aromatic nitrogens is 5. The van der Waals surface area contributed by atoms with E-state index < -0.39 is 0 Å². The van der Waals surface area contributed by atoms with Crippen LogP contribution in [-0.4, -0.2) is 43.5 Å². The molecule has 0 unspecified atom stereocenters. The molecule has 1 saturated carbocycles. The van der Waals surface area contributed by atoms with Gasteiger partial charge in [0, 0.05) is 47.9 Å². The highest BCUT2D eigenvalue weighted by Gasteiger charge is 2.20. The zero-order valence-electron chi connectivity index (χ0n) is 18.3. The Morgan fingerprint density at radius 1 is 0.969 bits per heavy atom. The van der Waals surface area contributed by atoms with E-state index in [1.165, 1.54) is 0 Å². The van der Waals surface area contributed by atoms with Crippen molar-refractivity contribution in [3.8, 4) is 28.4 Å². The Kier molecular flexibility index (Phi) is 5.45. The lowest BCUT2D eigenvalue weighted by Crippen LogP contribution is -2.33. The van der Waals surface area contributed by atoms with Crippen molar-refractivity contribution in [2.45, 2.75) is 44.7 Å². The number of methoxy groups -OCH3 is 1. The summed E-state index contributed by atoms with van der Waals surface area (Å²) in [7, 11) is 1.61. The molecule has 0 atom stereocenters. The average molecular weight is 430 g/mol. The molecule has 0 amide bonds. The third-order valence-corrected chi connectivity index (χ3v) is 6.10. The van der Waals surface area contributed by atoms with Gasteiger partial charge in [0.1, 0.15) is 5.65 Å². The molecule has 32 heavy (non-hydrogen) atoms. The molecule has 4 aromatic rings. The quantitative estimate of drug-likeness (QED) is 0.497. The van der Waals surface area contributed by atoms with Gasteiger partial charge in [-0.25, -0.2) is 19.9 Å². The van der Waals surface area contributed by atoms with Crippen LogP contribution in [0.3, 0.4) is 0 Å². The summed E-state index contributed by atoms with van der Waals surface area (Å²) in [4.78, 5) is 18.3. The van der Waals surface area contributed by atoms with E-state index >= 15 is 0 Å². The van der Waals surface area contributed by atoms with E-state index in [0.717, 1.165) is 59.4 Å². The van der Waals surface area contributed by atoms with Crippen LogP contribution >= 0.6 is 0 Å². The number of rotatable bonds is 5. The molecular formula is C24H27N7O. The second-order valence-electron chi connectivity index (χ2n) is 8.36. The van der Waals surface area contributed by atoms with E-state index in [9.17, 15) is 0 Å². The van der Waals surface area contributed by atoms with Crippen LogP contribution in [-0.2, 0) is 0 Å². The van der Waals surface area contributed by atoms with Gasteiger partial charge in [-0.2, -0.15) is 0 Å². The molecule has 0 saturated heterocycles. The average Bonchev–Trinajstić information content (AvgIpc) is 3.25. The van der Waals surface area contributed by atoms with E-state index in [1.54, 1.807) is 7.11 Å². The van der Waals surface area contributed by atoms with Gasteiger partial charge in [0.2, 0.25) is 11.8 Å². The number of nitrogens with zero attached hydrogens (tertiary/aromatic N) is 5. The maximum absolute atomic E-state index is 6.04. The molecule has 4 heterocycles. The lowest BCUT2D eigenvalue weighted by molar-refractivity contribution is 0.398. The molecule has 0 aliphatic heterocycles. The Bertz CT molecular complexity index is 1230. The lowest BCUT2D eigenvalue weighted by atomic mass is 9.92. The summed E-state index contributed by atoms with van der Waals surface area (Å²) in [5, 5.41) is 3.50. The third kappa shape index (κ3) is 4.01. The van der Waals surface area contributed by atoms with Crippen LogP contribution < -0.4 is 15.8 Å². The SMILES string of the molecule is COc1ccc(-c2ccc3ncc(-c4nc(NC5CCC(N)CC5)ncc4C)n3c2)cn1. The molecular weight excluding hydrogens is 402 g/mol. The van der Waals surface area contributed by atoms with E-state index in [4.69, 9.17) is 15.5 Å². The highest BCUT2D eigenvalue weighted by molar-refractivity contribution is 5.69. The Morgan fingerprint density at radius 2 is 1.78 bits per heavy atom. The maximum atomic E-state index is 6.04. The molecule has 1 fully saturated rings. The summed E-state index contributed by atoms with van der Waals surface area (Å²) in [6.45, 7) is 2.02. The zero-order chi connectivity index (χ0) is 22.1. The number of anilines is 1. The molecule has 0 aromatic carbocycles. The van der Waals surface area contributed by atoms with Gasteiger partial charge in [-0.1, -0.05) is 0 Å². The van der Waals surface area contributed by atoms with Crippen molar-refractivity contribution in [1.82, 2.24) is 24.3 Å². The zero-order valence-corrected chi connectivity index (χ0v) is 18.3. The van der Waals surface area contributed by atoms with E-state index in [1.807, 2.05) is 49.8 Å². The smallest absolute Gasteiger partial charge is 0.223 e. The predicted molar refractivity (Wildman–Crippen MR) is 125 cm³/mol. The Labute approximate surface area is 186 Å². The number of imidazole rings is 1. The van der Waals surface area contributed by atoms with Gasteiger partial charge in [-0.05, 0) is 56.4 Å². The number of hydrogen-bond acceptors (Lipinski definition) is 7. The van der Waals surface area contributed by atoms with Crippen LogP contribution in [0.4, 0.5) is 5.95 Å². The largest absolute Gasteiger partial charge is 0.481 e. The molecule has 0 spiro atoms. The van der Waals surface area contributed by atoms with Gasteiger partial charge < -0.3 is 15.8 Å². The van der Waals surface area contributed by atoms with Crippen LogP contribution in [0.15, 0.2) is 49.1 Å². The van der Waals surface area contributed by atoms with Gasteiger partial charge in [0.05, 0.1) is 24.7 Å². The van der Waals surface area contributed by atoms with Crippen LogP contribution in [0, 0.1) is 6.92 Å².